The summed E-state index contributed by atoms with van der Waals surface area (Å²) in [7, 11) is 3.33. The molecule has 2 aromatic carbocycles. The van der Waals surface area contributed by atoms with Gasteiger partial charge >= 0.3 is 6.03 Å². The molecular weight excluding hydrogens is 328 g/mol. The molecule has 138 valence electrons. The predicted molar refractivity (Wildman–Crippen MR) is 102 cm³/mol. The molecule has 1 saturated heterocycles. The van der Waals surface area contributed by atoms with Gasteiger partial charge < -0.3 is 19.7 Å². The van der Waals surface area contributed by atoms with Gasteiger partial charge in [-0.05, 0) is 48.6 Å². The number of nitrogens with one attached hydrogen (secondary N) is 1. The number of rotatable bonds is 6. The van der Waals surface area contributed by atoms with Crippen LogP contribution in [0.3, 0.4) is 0 Å². The maximum absolute atomic E-state index is 12.7. The maximum atomic E-state index is 12.7. The fourth-order valence-corrected chi connectivity index (χ4v) is 3.52. The Bertz CT molecular complexity index is 748. The Morgan fingerprint density at radius 1 is 1.15 bits per heavy atom. The summed E-state index contributed by atoms with van der Waals surface area (Å²) >= 11 is 0. The predicted octanol–water partition coefficient (Wildman–Crippen LogP) is 3.79. The highest BCUT2D eigenvalue weighted by molar-refractivity contribution is 5.75. The first-order valence-electron chi connectivity index (χ1n) is 9.03. The van der Waals surface area contributed by atoms with Gasteiger partial charge in [-0.15, -0.1) is 0 Å². The minimum absolute atomic E-state index is 0.00906. The number of hydrogen-bond donors (Lipinski definition) is 1. The SMILES string of the molecule is COc1cccc(C2CCCN2C(=O)NCCc2ccccc2OC)c1. The number of ether oxygens (including phenoxy) is 2. The van der Waals surface area contributed by atoms with E-state index in [1.807, 2.05) is 47.4 Å². The van der Waals surface area contributed by atoms with Crippen LogP contribution >= 0.6 is 0 Å². The zero-order valence-corrected chi connectivity index (χ0v) is 15.4. The first-order chi connectivity index (χ1) is 12.7. The minimum Gasteiger partial charge on any atom is -0.497 e. The van der Waals surface area contributed by atoms with Gasteiger partial charge in [-0.25, -0.2) is 4.79 Å². The lowest BCUT2D eigenvalue weighted by Gasteiger charge is -2.25. The second-order valence-electron chi connectivity index (χ2n) is 6.42. The molecule has 2 aromatic rings. The third-order valence-corrected chi connectivity index (χ3v) is 4.86. The van der Waals surface area contributed by atoms with Gasteiger partial charge in [0.2, 0.25) is 0 Å². The van der Waals surface area contributed by atoms with Crippen LogP contribution in [0.5, 0.6) is 11.5 Å². The first kappa shape index (κ1) is 18.1. The van der Waals surface area contributed by atoms with E-state index in [-0.39, 0.29) is 12.1 Å². The standard InChI is InChI=1S/C21H26N2O3/c1-25-18-9-5-8-17(15-18)19-10-6-14-23(19)21(24)22-13-12-16-7-3-4-11-20(16)26-2/h3-5,7-9,11,15,19H,6,10,12-14H2,1-2H3,(H,22,24). The largest absolute Gasteiger partial charge is 0.497 e. The van der Waals surface area contributed by atoms with Crippen LogP contribution in [-0.4, -0.2) is 38.2 Å². The fourth-order valence-electron chi connectivity index (χ4n) is 3.52. The summed E-state index contributed by atoms with van der Waals surface area (Å²) in [4.78, 5) is 14.6. The number of carbonyl (C=O) groups is 1. The summed E-state index contributed by atoms with van der Waals surface area (Å²) in [6.07, 6.45) is 2.74. The highest BCUT2D eigenvalue weighted by Gasteiger charge is 2.29. The van der Waals surface area contributed by atoms with E-state index in [2.05, 4.69) is 11.4 Å². The molecule has 26 heavy (non-hydrogen) atoms. The van der Waals surface area contributed by atoms with Crippen LogP contribution < -0.4 is 14.8 Å². The Morgan fingerprint density at radius 3 is 2.81 bits per heavy atom. The normalized spacial score (nSPS) is 16.4. The van der Waals surface area contributed by atoms with Crippen LogP contribution in [0.1, 0.15) is 30.0 Å². The van der Waals surface area contributed by atoms with Gasteiger partial charge in [0.15, 0.2) is 0 Å². The van der Waals surface area contributed by atoms with E-state index in [1.165, 1.54) is 0 Å². The van der Waals surface area contributed by atoms with Crippen molar-refractivity contribution in [3.63, 3.8) is 0 Å². The highest BCUT2D eigenvalue weighted by atomic mass is 16.5. The molecule has 0 bridgehead atoms. The molecule has 0 radical (unpaired) electrons. The molecule has 1 fully saturated rings. The fraction of sp³-hybridized carbons (Fsp3) is 0.381. The van der Waals surface area contributed by atoms with E-state index in [0.717, 1.165) is 48.4 Å². The second kappa shape index (κ2) is 8.61. The second-order valence-corrected chi connectivity index (χ2v) is 6.42. The van der Waals surface area contributed by atoms with E-state index in [4.69, 9.17) is 9.47 Å². The maximum Gasteiger partial charge on any atom is 0.317 e. The molecule has 0 aliphatic carbocycles. The lowest BCUT2D eigenvalue weighted by atomic mass is 10.0. The third kappa shape index (κ3) is 4.10. The number of likely N-dealkylation sites (tertiary alicyclic amines) is 1. The van der Waals surface area contributed by atoms with Crippen LogP contribution in [0.25, 0.3) is 0 Å². The van der Waals surface area contributed by atoms with Crippen LogP contribution in [-0.2, 0) is 6.42 Å². The molecule has 1 heterocycles. The molecule has 1 N–H and O–H groups in total. The summed E-state index contributed by atoms with van der Waals surface area (Å²) in [5.41, 5.74) is 2.22. The minimum atomic E-state index is -0.00906. The van der Waals surface area contributed by atoms with Gasteiger partial charge in [0.1, 0.15) is 11.5 Å². The third-order valence-electron chi connectivity index (χ3n) is 4.86. The van der Waals surface area contributed by atoms with Crippen molar-refractivity contribution in [2.24, 2.45) is 0 Å². The van der Waals surface area contributed by atoms with Crippen LogP contribution in [0.2, 0.25) is 0 Å². The van der Waals surface area contributed by atoms with E-state index in [0.29, 0.717) is 6.54 Å². The number of amides is 2. The number of urea groups is 1. The summed E-state index contributed by atoms with van der Waals surface area (Å²) in [5, 5.41) is 3.05. The lowest BCUT2D eigenvalue weighted by molar-refractivity contribution is 0.193. The molecular formula is C21H26N2O3. The van der Waals surface area contributed by atoms with Crippen molar-refractivity contribution >= 4 is 6.03 Å². The molecule has 1 aliphatic rings. The Labute approximate surface area is 154 Å². The molecule has 5 nitrogen and oxygen atoms in total. The van der Waals surface area contributed by atoms with E-state index in [9.17, 15) is 4.79 Å². The van der Waals surface area contributed by atoms with Crippen molar-refractivity contribution in [2.75, 3.05) is 27.3 Å². The quantitative estimate of drug-likeness (QED) is 0.859. The van der Waals surface area contributed by atoms with Crippen LogP contribution in [0.15, 0.2) is 48.5 Å². The topological polar surface area (TPSA) is 50.8 Å². The summed E-state index contributed by atoms with van der Waals surface area (Å²) in [5.74, 6) is 1.68. The van der Waals surface area contributed by atoms with Crippen molar-refractivity contribution in [1.82, 2.24) is 10.2 Å². The summed E-state index contributed by atoms with van der Waals surface area (Å²) < 4.78 is 10.7. The highest BCUT2D eigenvalue weighted by Crippen LogP contribution is 2.33. The van der Waals surface area contributed by atoms with Gasteiger partial charge in [-0.1, -0.05) is 30.3 Å². The van der Waals surface area contributed by atoms with Crippen molar-refractivity contribution < 1.29 is 14.3 Å². The Kier molecular flexibility index (Phi) is 6.00. The number of benzene rings is 2. The van der Waals surface area contributed by atoms with Crippen molar-refractivity contribution in [1.29, 1.82) is 0 Å². The van der Waals surface area contributed by atoms with E-state index >= 15 is 0 Å². The molecule has 0 spiro atoms. The molecule has 1 atom stereocenters. The van der Waals surface area contributed by atoms with Gasteiger partial charge in [-0.3, -0.25) is 0 Å². The van der Waals surface area contributed by atoms with Crippen LogP contribution in [0.4, 0.5) is 4.79 Å². The molecule has 3 rings (SSSR count). The Morgan fingerprint density at radius 2 is 2.00 bits per heavy atom. The average molecular weight is 354 g/mol. The van der Waals surface area contributed by atoms with Crippen molar-refractivity contribution in [3.05, 3.63) is 59.7 Å². The van der Waals surface area contributed by atoms with Gasteiger partial charge in [0, 0.05) is 13.1 Å². The molecule has 0 saturated carbocycles. The molecule has 5 heteroatoms. The molecule has 0 aromatic heterocycles. The molecule has 2 amide bonds. The number of para-hydroxylation sites is 1. The summed E-state index contributed by atoms with van der Waals surface area (Å²) in [6.45, 7) is 1.36. The number of hydrogen-bond acceptors (Lipinski definition) is 3. The number of methoxy groups -OCH3 is 2. The zero-order chi connectivity index (χ0) is 18.4. The molecule has 1 unspecified atom stereocenters. The first-order valence-corrected chi connectivity index (χ1v) is 9.03. The Hall–Kier alpha value is -2.69. The average Bonchev–Trinajstić information content (AvgIpc) is 3.18. The molecule has 1 aliphatic heterocycles. The van der Waals surface area contributed by atoms with Crippen LogP contribution in [0, 0.1) is 0 Å². The monoisotopic (exact) mass is 354 g/mol. The van der Waals surface area contributed by atoms with Crippen molar-refractivity contribution in [3.8, 4) is 11.5 Å². The van der Waals surface area contributed by atoms with E-state index in [1.54, 1.807) is 14.2 Å². The number of nitrogens with zero attached hydrogens (tertiary/aromatic N) is 1. The van der Waals surface area contributed by atoms with E-state index < -0.39 is 0 Å². The van der Waals surface area contributed by atoms with Crippen molar-refractivity contribution in [2.45, 2.75) is 25.3 Å². The van der Waals surface area contributed by atoms with Gasteiger partial charge in [-0.2, -0.15) is 0 Å². The lowest BCUT2D eigenvalue weighted by Crippen LogP contribution is -2.40. The van der Waals surface area contributed by atoms with Gasteiger partial charge in [0.25, 0.3) is 0 Å². The Balaban J connectivity index is 1.60. The summed E-state index contributed by atoms with van der Waals surface area (Å²) in [6, 6.07) is 16.0. The number of carbonyl (C=O) groups excluding carboxylic acids is 1. The smallest absolute Gasteiger partial charge is 0.317 e. The zero-order valence-electron chi connectivity index (χ0n) is 15.4. The van der Waals surface area contributed by atoms with Gasteiger partial charge in [0.05, 0.1) is 20.3 Å².